The van der Waals surface area contributed by atoms with Gasteiger partial charge >= 0.3 is 0 Å². The second-order valence-electron chi connectivity index (χ2n) is 5.20. The predicted molar refractivity (Wildman–Crippen MR) is 99.3 cm³/mol. The highest BCUT2D eigenvalue weighted by molar-refractivity contribution is 9.10. The Morgan fingerprint density at radius 2 is 1.67 bits per heavy atom. The lowest BCUT2D eigenvalue weighted by atomic mass is 10.2. The van der Waals surface area contributed by atoms with Crippen LogP contribution < -0.4 is 10.2 Å². The van der Waals surface area contributed by atoms with Gasteiger partial charge in [0, 0.05) is 15.2 Å². The van der Waals surface area contributed by atoms with E-state index in [1.165, 1.54) is 0 Å². The molecule has 24 heavy (non-hydrogen) atoms. The van der Waals surface area contributed by atoms with E-state index in [1.807, 2.05) is 6.92 Å². The summed E-state index contributed by atoms with van der Waals surface area (Å²) in [5, 5.41) is 3.39. The average Bonchev–Trinajstić information content (AvgIpc) is 2.74. The molecule has 0 fully saturated rings. The molecule has 0 unspecified atom stereocenters. The van der Waals surface area contributed by atoms with Crippen molar-refractivity contribution in [1.29, 1.82) is 0 Å². The lowest BCUT2D eigenvalue weighted by Crippen LogP contribution is -2.32. The zero-order valence-electron chi connectivity index (χ0n) is 12.4. The predicted octanol–water partition coefficient (Wildman–Crippen LogP) is 4.85. The van der Waals surface area contributed by atoms with Crippen molar-refractivity contribution in [2.45, 2.75) is 6.92 Å². The number of aryl methyl sites for hydroxylation is 1. The first-order valence-electron chi connectivity index (χ1n) is 6.96. The van der Waals surface area contributed by atoms with Crippen molar-refractivity contribution < 1.29 is 9.59 Å². The van der Waals surface area contributed by atoms with Crippen LogP contribution in [0, 0.1) is 6.92 Å². The van der Waals surface area contributed by atoms with E-state index in [1.54, 1.807) is 42.5 Å². The molecule has 2 aromatic rings. The Kier molecular flexibility index (Phi) is 4.67. The maximum Gasteiger partial charge on any atom is 0.283 e. The number of benzene rings is 2. The van der Waals surface area contributed by atoms with Gasteiger partial charge in [-0.2, -0.15) is 0 Å². The molecule has 0 aromatic heterocycles. The van der Waals surface area contributed by atoms with Crippen LogP contribution in [0.4, 0.5) is 11.4 Å². The van der Waals surface area contributed by atoms with Gasteiger partial charge in [-0.15, -0.1) is 0 Å². The van der Waals surface area contributed by atoms with Crippen LogP contribution in [0.1, 0.15) is 5.56 Å². The molecule has 0 spiro atoms. The van der Waals surface area contributed by atoms with E-state index in [2.05, 4.69) is 21.2 Å². The van der Waals surface area contributed by atoms with E-state index in [0.29, 0.717) is 16.4 Å². The van der Waals surface area contributed by atoms with E-state index in [4.69, 9.17) is 23.2 Å². The van der Waals surface area contributed by atoms with Gasteiger partial charge in [-0.25, -0.2) is 4.90 Å². The van der Waals surface area contributed by atoms with Crippen molar-refractivity contribution in [2.24, 2.45) is 0 Å². The largest absolute Gasteiger partial charge is 0.349 e. The minimum Gasteiger partial charge on any atom is -0.349 e. The third kappa shape index (κ3) is 3.07. The number of halogens is 3. The van der Waals surface area contributed by atoms with Crippen molar-refractivity contribution in [1.82, 2.24) is 0 Å². The molecule has 2 aromatic carbocycles. The summed E-state index contributed by atoms with van der Waals surface area (Å²) in [6.07, 6.45) is 0. The first-order chi connectivity index (χ1) is 11.4. The monoisotopic (exact) mass is 424 g/mol. The summed E-state index contributed by atoms with van der Waals surface area (Å²) >= 11 is 15.4. The van der Waals surface area contributed by atoms with Crippen LogP contribution in [-0.2, 0) is 9.59 Å². The molecule has 7 heteroatoms. The summed E-state index contributed by atoms with van der Waals surface area (Å²) in [5.74, 6) is -1.06. The summed E-state index contributed by atoms with van der Waals surface area (Å²) < 4.78 is 0.847. The molecule has 0 saturated heterocycles. The van der Waals surface area contributed by atoms with Crippen molar-refractivity contribution in [3.05, 3.63) is 68.3 Å². The van der Waals surface area contributed by atoms with Crippen LogP contribution in [-0.4, -0.2) is 11.8 Å². The van der Waals surface area contributed by atoms with Crippen LogP contribution in [0.5, 0.6) is 0 Å². The van der Waals surface area contributed by atoms with E-state index in [9.17, 15) is 9.59 Å². The summed E-state index contributed by atoms with van der Waals surface area (Å²) in [5.41, 5.74) is 2.00. The molecule has 4 nitrogen and oxygen atoms in total. The fourth-order valence-corrected chi connectivity index (χ4v) is 3.04. The number of nitrogens with zero attached hydrogens (tertiary/aromatic N) is 1. The molecule has 122 valence electrons. The second kappa shape index (κ2) is 6.59. The highest BCUT2D eigenvalue weighted by Gasteiger charge is 2.39. The van der Waals surface area contributed by atoms with Gasteiger partial charge in [-0.05, 0) is 55.0 Å². The van der Waals surface area contributed by atoms with E-state index >= 15 is 0 Å². The smallest absolute Gasteiger partial charge is 0.283 e. The quantitative estimate of drug-likeness (QED) is 0.715. The fourth-order valence-electron chi connectivity index (χ4n) is 2.34. The zero-order chi connectivity index (χ0) is 17.4. The van der Waals surface area contributed by atoms with Crippen LogP contribution in [0.2, 0.25) is 5.02 Å². The fraction of sp³-hybridized carbons (Fsp3) is 0.0588. The molecule has 0 aliphatic carbocycles. The minimum atomic E-state index is -0.557. The Hall–Kier alpha value is -1.82. The highest BCUT2D eigenvalue weighted by Crippen LogP contribution is 2.31. The third-order valence-electron chi connectivity index (χ3n) is 3.56. The molecule has 1 heterocycles. The van der Waals surface area contributed by atoms with Gasteiger partial charge in [0.1, 0.15) is 10.7 Å². The molecular formula is C17H11BrCl2N2O2. The normalized spacial score (nSPS) is 14.6. The lowest BCUT2D eigenvalue weighted by Gasteiger charge is -2.15. The molecule has 0 saturated carbocycles. The Balaban J connectivity index is 1.93. The van der Waals surface area contributed by atoms with Gasteiger partial charge in [-0.1, -0.05) is 39.1 Å². The third-order valence-corrected chi connectivity index (χ3v) is 4.67. The first-order valence-corrected chi connectivity index (χ1v) is 8.50. The number of nitrogens with one attached hydrogen (secondary N) is 1. The van der Waals surface area contributed by atoms with Crippen molar-refractivity contribution in [3.8, 4) is 0 Å². The van der Waals surface area contributed by atoms with Crippen LogP contribution in [0.25, 0.3) is 0 Å². The standard InChI is InChI=1S/C17H11BrCl2N2O2/c1-9-8-11(19)4-7-13(9)21-15-14(20)16(23)22(17(15)24)12-5-2-10(18)3-6-12/h2-8,21H,1H3. The molecule has 1 aliphatic rings. The Bertz CT molecular complexity index is 879. The summed E-state index contributed by atoms with van der Waals surface area (Å²) in [6, 6.07) is 12.0. The van der Waals surface area contributed by atoms with Crippen molar-refractivity contribution in [3.63, 3.8) is 0 Å². The summed E-state index contributed by atoms with van der Waals surface area (Å²) in [7, 11) is 0. The Labute approximate surface area is 157 Å². The highest BCUT2D eigenvalue weighted by atomic mass is 79.9. The number of carbonyl (C=O) groups excluding carboxylic acids is 2. The summed E-state index contributed by atoms with van der Waals surface area (Å²) in [4.78, 5) is 26.1. The number of hydrogen-bond donors (Lipinski definition) is 1. The SMILES string of the molecule is Cc1cc(Cl)ccc1NC1=C(Cl)C(=O)N(c2ccc(Br)cc2)C1=O. The van der Waals surface area contributed by atoms with E-state index < -0.39 is 11.8 Å². The molecule has 0 radical (unpaired) electrons. The number of imide groups is 1. The van der Waals surface area contributed by atoms with Gasteiger partial charge in [0.15, 0.2) is 0 Å². The molecule has 2 amide bonds. The van der Waals surface area contributed by atoms with Gasteiger partial charge < -0.3 is 5.32 Å². The maximum absolute atomic E-state index is 12.7. The van der Waals surface area contributed by atoms with Gasteiger partial charge in [0.25, 0.3) is 11.8 Å². The number of carbonyl (C=O) groups is 2. The van der Waals surface area contributed by atoms with Crippen molar-refractivity contribution in [2.75, 3.05) is 10.2 Å². The number of amides is 2. The van der Waals surface area contributed by atoms with Gasteiger partial charge in [0.05, 0.1) is 5.69 Å². The Morgan fingerprint density at radius 3 is 2.29 bits per heavy atom. The lowest BCUT2D eigenvalue weighted by molar-refractivity contribution is -0.120. The van der Waals surface area contributed by atoms with Crippen LogP contribution in [0.15, 0.2) is 57.7 Å². The molecular weight excluding hydrogens is 415 g/mol. The average molecular weight is 426 g/mol. The van der Waals surface area contributed by atoms with Crippen molar-refractivity contribution >= 4 is 62.3 Å². The topological polar surface area (TPSA) is 49.4 Å². The number of anilines is 2. The van der Waals surface area contributed by atoms with Gasteiger partial charge in [0.2, 0.25) is 0 Å². The summed E-state index contributed by atoms with van der Waals surface area (Å²) in [6.45, 7) is 1.84. The second-order valence-corrected chi connectivity index (χ2v) is 6.93. The van der Waals surface area contributed by atoms with E-state index in [-0.39, 0.29) is 10.7 Å². The maximum atomic E-state index is 12.7. The molecule has 1 N–H and O–H groups in total. The minimum absolute atomic E-state index is 0.0509. The van der Waals surface area contributed by atoms with Gasteiger partial charge in [-0.3, -0.25) is 9.59 Å². The molecule has 0 bridgehead atoms. The first kappa shape index (κ1) is 17.0. The molecule has 3 rings (SSSR count). The van der Waals surface area contributed by atoms with Crippen LogP contribution in [0.3, 0.4) is 0 Å². The molecule has 1 aliphatic heterocycles. The Morgan fingerprint density at radius 1 is 1.00 bits per heavy atom. The molecule has 0 atom stereocenters. The van der Waals surface area contributed by atoms with E-state index in [0.717, 1.165) is 14.9 Å². The number of rotatable bonds is 3. The number of hydrogen-bond acceptors (Lipinski definition) is 3. The van der Waals surface area contributed by atoms with Crippen LogP contribution >= 0.6 is 39.1 Å². The zero-order valence-corrected chi connectivity index (χ0v) is 15.5.